The summed E-state index contributed by atoms with van der Waals surface area (Å²) in [5.41, 5.74) is 1.89. The van der Waals surface area contributed by atoms with Gasteiger partial charge in [-0.15, -0.1) is 13.2 Å². The quantitative estimate of drug-likeness (QED) is 0.424. The third-order valence-electron chi connectivity index (χ3n) is 3.26. The van der Waals surface area contributed by atoms with Crippen LogP contribution >= 0.6 is 0 Å². The number of hydrogen-bond donors (Lipinski definition) is 0. The van der Waals surface area contributed by atoms with E-state index < -0.39 is 5.92 Å². The lowest BCUT2D eigenvalue weighted by Gasteiger charge is -2.22. The van der Waals surface area contributed by atoms with Crippen LogP contribution in [0.25, 0.3) is 0 Å². The molecule has 0 N–H and O–H groups in total. The van der Waals surface area contributed by atoms with Gasteiger partial charge in [-0.3, -0.25) is 9.59 Å². The van der Waals surface area contributed by atoms with Crippen LogP contribution in [0.15, 0.2) is 48.6 Å². The number of hydrogen-bond acceptors (Lipinski definition) is 2. The van der Waals surface area contributed by atoms with Gasteiger partial charge in [-0.05, 0) is 32.3 Å². The number of amides is 1. The van der Waals surface area contributed by atoms with Gasteiger partial charge in [-0.25, -0.2) is 0 Å². The van der Waals surface area contributed by atoms with Gasteiger partial charge in [0.05, 0.1) is 0 Å². The lowest BCUT2D eigenvalue weighted by Crippen LogP contribution is -2.38. The van der Waals surface area contributed by atoms with Gasteiger partial charge in [0.25, 0.3) is 0 Å². The highest BCUT2D eigenvalue weighted by molar-refractivity contribution is 6.11. The molecule has 3 heteroatoms. The molecule has 0 aromatic carbocycles. The van der Waals surface area contributed by atoms with Crippen LogP contribution in [0.3, 0.4) is 0 Å². The molecule has 1 fully saturated rings. The van der Waals surface area contributed by atoms with Crippen LogP contribution in [0, 0.1) is 5.92 Å². The Labute approximate surface area is 121 Å². The first-order valence-electron chi connectivity index (χ1n) is 6.90. The van der Waals surface area contributed by atoms with E-state index in [9.17, 15) is 9.59 Å². The Hall–Kier alpha value is -1.90. The Morgan fingerprint density at radius 2 is 1.90 bits per heavy atom. The fraction of sp³-hybridized carbons (Fsp3) is 0.412. The van der Waals surface area contributed by atoms with E-state index in [-0.39, 0.29) is 11.7 Å². The third-order valence-corrected chi connectivity index (χ3v) is 3.26. The zero-order chi connectivity index (χ0) is 15.1. The molecule has 0 heterocycles. The van der Waals surface area contributed by atoms with Crippen LogP contribution in [0.1, 0.15) is 26.7 Å². The Kier molecular flexibility index (Phi) is 6.16. The molecule has 0 aromatic rings. The molecular weight excluding hydrogens is 250 g/mol. The topological polar surface area (TPSA) is 37.4 Å². The van der Waals surface area contributed by atoms with Gasteiger partial charge >= 0.3 is 0 Å². The van der Waals surface area contributed by atoms with E-state index in [1.807, 2.05) is 26.0 Å². The van der Waals surface area contributed by atoms with Crippen molar-refractivity contribution in [2.24, 2.45) is 5.92 Å². The normalized spacial score (nSPS) is 19.8. The second kappa shape index (κ2) is 7.63. The smallest absolute Gasteiger partial charge is 0.234 e. The molecule has 1 rings (SSSR count). The first-order chi connectivity index (χ1) is 9.51. The lowest BCUT2D eigenvalue weighted by atomic mass is 10.0. The predicted molar refractivity (Wildman–Crippen MR) is 82.2 cm³/mol. The summed E-state index contributed by atoms with van der Waals surface area (Å²) in [6.45, 7) is 12.1. The van der Waals surface area contributed by atoms with Crippen molar-refractivity contribution >= 4 is 11.7 Å². The molecule has 1 aliphatic rings. The largest absolute Gasteiger partial charge is 0.335 e. The van der Waals surface area contributed by atoms with Crippen molar-refractivity contribution in [2.75, 3.05) is 13.1 Å². The highest BCUT2D eigenvalue weighted by Gasteiger charge is 2.36. The number of rotatable bonds is 6. The minimum absolute atomic E-state index is 0.0365. The maximum Gasteiger partial charge on any atom is 0.234 e. The average molecular weight is 273 g/mol. The summed E-state index contributed by atoms with van der Waals surface area (Å²) in [5.74, 6) is -0.687. The highest BCUT2D eigenvalue weighted by atomic mass is 16.2. The first kappa shape index (κ1) is 16.2. The standard InChI is InChI=1S/C17H23NO2/c1-5-11-18(12-6-2)17(20)15-10-9-14(16(15)19)8-7-13(3)4/h5-8,15H,1-2,9-12H2,3-4H3/b14-8+. The number of nitrogens with zero attached hydrogens (tertiary/aromatic N) is 1. The minimum Gasteiger partial charge on any atom is -0.335 e. The van der Waals surface area contributed by atoms with Gasteiger partial charge < -0.3 is 4.90 Å². The fourth-order valence-corrected chi connectivity index (χ4v) is 2.23. The molecule has 0 radical (unpaired) electrons. The highest BCUT2D eigenvalue weighted by Crippen LogP contribution is 2.28. The summed E-state index contributed by atoms with van der Waals surface area (Å²) < 4.78 is 0. The molecule has 0 bridgehead atoms. The summed E-state index contributed by atoms with van der Waals surface area (Å²) in [5, 5.41) is 0. The van der Waals surface area contributed by atoms with Gasteiger partial charge in [0.2, 0.25) is 5.91 Å². The molecule has 1 aliphatic carbocycles. The van der Waals surface area contributed by atoms with Crippen molar-refractivity contribution < 1.29 is 9.59 Å². The summed E-state index contributed by atoms with van der Waals surface area (Å²) in [4.78, 5) is 26.3. The Balaban J connectivity index is 2.83. The van der Waals surface area contributed by atoms with Crippen molar-refractivity contribution in [3.8, 4) is 0 Å². The van der Waals surface area contributed by atoms with Crippen molar-refractivity contribution in [2.45, 2.75) is 26.7 Å². The Bertz CT molecular complexity index is 457. The van der Waals surface area contributed by atoms with Crippen LogP contribution in [0.4, 0.5) is 0 Å². The summed E-state index contributed by atoms with van der Waals surface area (Å²) >= 11 is 0. The fourth-order valence-electron chi connectivity index (χ4n) is 2.23. The number of carbonyl (C=O) groups is 2. The number of carbonyl (C=O) groups excluding carboxylic acids is 2. The van der Waals surface area contributed by atoms with Gasteiger partial charge in [0.15, 0.2) is 5.78 Å². The van der Waals surface area contributed by atoms with Gasteiger partial charge in [-0.1, -0.05) is 29.9 Å². The SMILES string of the molecule is C=CCN(CC=C)C(=O)C1CC/C(=C\C=C(C)C)C1=O. The van der Waals surface area contributed by atoms with Gasteiger partial charge in [-0.2, -0.15) is 0 Å². The Morgan fingerprint density at radius 3 is 2.40 bits per heavy atom. The summed E-state index contributed by atoms with van der Waals surface area (Å²) in [6, 6.07) is 0. The maximum atomic E-state index is 12.4. The van der Waals surface area contributed by atoms with E-state index >= 15 is 0 Å². The molecule has 0 saturated heterocycles. The average Bonchev–Trinajstić information content (AvgIpc) is 2.76. The van der Waals surface area contributed by atoms with Gasteiger partial charge in [0, 0.05) is 13.1 Å². The number of Topliss-reactive ketones (excluding diaryl/α,β-unsaturated/α-hetero) is 1. The van der Waals surface area contributed by atoms with Crippen molar-refractivity contribution in [3.63, 3.8) is 0 Å². The molecule has 1 amide bonds. The zero-order valence-corrected chi connectivity index (χ0v) is 12.4. The predicted octanol–water partition coefficient (Wildman–Crippen LogP) is 3.06. The van der Waals surface area contributed by atoms with Crippen LogP contribution in [-0.4, -0.2) is 29.7 Å². The summed E-state index contributed by atoms with van der Waals surface area (Å²) in [7, 11) is 0. The second-order valence-corrected chi connectivity index (χ2v) is 5.21. The van der Waals surface area contributed by atoms with E-state index in [0.717, 1.165) is 11.1 Å². The van der Waals surface area contributed by atoms with Crippen LogP contribution in [0.2, 0.25) is 0 Å². The van der Waals surface area contributed by atoms with Gasteiger partial charge in [0.1, 0.15) is 5.92 Å². The molecule has 1 saturated carbocycles. The molecule has 3 nitrogen and oxygen atoms in total. The van der Waals surface area contributed by atoms with Crippen LogP contribution in [-0.2, 0) is 9.59 Å². The molecule has 0 aromatic heterocycles. The van der Waals surface area contributed by atoms with E-state index in [1.165, 1.54) is 0 Å². The Morgan fingerprint density at radius 1 is 1.30 bits per heavy atom. The number of allylic oxidation sites excluding steroid dienone is 4. The maximum absolute atomic E-state index is 12.4. The van der Waals surface area contributed by atoms with Crippen molar-refractivity contribution in [1.82, 2.24) is 4.90 Å². The molecule has 20 heavy (non-hydrogen) atoms. The van der Waals surface area contributed by atoms with E-state index in [0.29, 0.717) is 25.9 Å². The van der Waals surface area contributed by atoms with E-state index in [2.05, 4.69) is 13.2 Å². The van der Waals surface area contributed by atoms with Crippen LogP contribution in [0.5, 0.6) is 0 Å². The third kappa shape index (κ3) is 4.05. The molecule has 108 valence electrons. The molecule has 1 unspecified atom stereocenters. The van der Waals surface area contributed by atoms with Crippen LogP contribution < -0.4 is 0 Å². The second-order valence-electron chi connectivity index (χ2n) is 5.21. The molecular formula is C17H23NO2. The van der Waals surface area contributed by atoms with E-state index in [1.54, 1.807) is 17.1 Å². The molecule has 1 atom stereocenters. The minimum atomic E-state index is -0.535. The zero-order valence-electron chi connectivity index (χ0n) is 12.4. The monoisotopic (exact) mass is 273 g/mol. The van der Waals surface area contributed by atoms with E-state index in [4.69, 9.17) is 0 Å². The lowest BCUT2D eigenvalue weighted by molar-refractivity contribution is -0.138. The number of ketones is 1. The summed E-state index contributed by atoms with van der Waals surface area (Å²) in [6.07, 6.45) is 8.38. The molecule has 0 spiro atoms. The van der Waals surface area contributed by atoms with Crippen molar-refractivity contribution in [3.05, 3.63) is 48.6 Å². The molecule has 0 aliphatic heterocycles. The first-order valence-corrected chi connectivity index (χ1v) is 6.90. The van der Waals surface area contributed by atoms with Crippen molar-refractivity contribution in [1.29, 1.82) is 0 Å².